The van der Waals surface area contributed by atoms with Crippen molar-refractivity contribution in [3.05, 3.63) is 77.2 Å². The summed E-state index contributed by atoms with van der Waals surface area (Å²) in [6.45, 7) is 1.34. The fourth-order valence-electron chi connectivity index (χ4n) is 2.62. The summed E-state index contributed by atoms with van der Waals surface area (Å²) in [6, 6.07) is 18.0. The third kappa shape index (κ3) is 6.55. The van der Waals surface area contributed by atoms with Crippen LogP contribution in [-0.4, -0.2) is 29.5 Å². The molecule has 0 amide bonds. The molecule has 0 saturated heterocycles. The van der Waals surface area contributed by atoms with Crippen molar-refractivity contribution in [1.29, 1.82) is 0 Å². The SMILES string of the molecule is CN=C(NCCc1cccc(Cl)c1)NCc1ncc(-c2ccccc2)[nH]1.I. The number of nitrogens with one attached hydrogen (secondary N) is 3. The van der Waals surface area contributed by atoms with E-state index in [0.29, 0.717) is 6.54 Å². The third-order valence-corrected chi connectivity index (χ3v) is 4.19. The van der Waals surface area contributed by atoms with Crippen LogP contribution < -0.4 is 10.6 Å². The quantitative estimate of drug-likeness (QED) is 0.272. The Morgan fingerprint density at radius 3 is 2.67 bits per heavy atom. The summed E-state index contributed by atoms with van der Waals surface area (Å²) in [5.41, 5.74) is 3.32. The molecular formula is C20H23ClIN5. The Labute approximate surface area is 181 Å². The van der Waals surface area contributed by atoms with Crippen molar-refractivity contribution in [3.8, 4) is 11.3 Å². The second-order valence-corrected chi connectivity index (χ2v) is 6.28. The lowest BCUT2D eigenvalue weighted by atomic mass is 10.1. The van der Waals surface area contributed by atoms with Gasteiger partial charge < -0.3 is 15.6 Å². The van der Waals surface area contributed by atoms with Gasteiger partial charge in [0.2, 0.25) is 0 Å². The van der Waals surface area contributed by atoms with Crippen molar-refractivity contribution in [2.24, 2.45) is 4.99 Å². The van der Waals surface area contributed by atoms with Gasteiger partial charge in [-0.1, -0.05) is 54.1 Å². The van der Waals surface area contributed by atoms with Crippen molar-refractivity contribution in [2.75, 3.05) is 13.6 Å². The second-order valence-electron chi connectivity index (χ2n) is 5.84. The first kappa shape index (κ1) is 21.2. The monoisotopic (exact) mass is 495 g/mol. The maximum Gasteiger partial charge on any atom is 0.191 e. The van der Waals surface area contributed by atoms with Crippen LogP contribution in [0.3, 0.4) is 0 Å². The Morgan fingerprint density at radius 2 is 1.93 bits per heavy atom. The first-order valence-corrected chi connectivity index (χ1v) is 8.90. The van der Waals surface area contributed by atoms with Crippen LogP contribution >= 0.6 is 35.6 Å². The average molecular weight is 496 g/mol. The molecule has 0 aliphatic rings. The molecule has 3 N–H and O–H groups in total. The van der Waals surface area contributed by atoms with E-state index in [1.807, 2.05) is 42.6 Å². The Kier molecular flexibility index (Phi) is 8.60. The lowest BCUT2D eigenvalue weighted by Gasteiger charge is -2.11. The molecule has 0 radical (unpaired) electrons. The number of halogens is 2. The van der Waals surface area contributed by atoms with Crippen LogP contribution in [0.4, 0.5) is 0 Å². The highest BCUT2D eigenvalue weighted by Crippen LogP contribution is 2.15. The van der Waals surface area contributed by atoms with E-state index in [1.54, 1.807) is 7.05 Å². The maximum absolute atomic E-state index is 6.01. The summed E-state index contributed by atoms with van der Waals surface area (Å²) < 4.78 is 0. The molecule has 27 heavy (non-hydrogen) atoms. The Balaban J connectivity index is 0.00000261. The van der Waals surface area contributed by atoms with Crippen molar-refractivity contribution >= 4 is 41.5 Å². The number of aromatic amines is 1. The van der Waals surface area contributed by atoms with Crippen LogP contribution in [0.1, 0.15) is 11.4 Å². The van der Waals surface area contributed by atoms with Gasteiger partial charge in [-0.25, -0.2) is 4.98 Å². The number of aromatic nitrogens is 2. The summed E-state index contributed by atoms with van der Waals surface area (Å²) in [5.74, 6) is 1.60. The summed E-state index contributed by atoms with van der Waals surface area (Å²) in [6.07, 6.45) is 2.72. The van der Waals surface area contributed by atoms with Crippen molar-refractivity contribution < 1.29 is 0 Å². The number of H-pyrrole nitrogens is 1. The lowest BCUT2D eigenvalue weighted by Crippen LogP contribution is -2.38. The zero-order chi connectivity index (χ0) is 18.2. The molecule has 1 aromatic heterocycles. The van der Waals surface area contributed by atoms with Gasteiger partial charge in [0.05, 0.1) is 18.4 Å². The molecule has 0 aliphatic carbocycles. The molecule has 0 spiro atoms. The Bertz CT molecular complexity index is 864. The zero-order valence-corrected chi connectivity index (χ0v) is 18.2. The Hall–Kier alpha value is -2.06. The van der Waals surface area contributed by atoms with Crippen LogP contribution in [0.5, 0.6) is 0 Å². The highest BCUT2D eigenvalue weighted by atomic mass is 127. The first-order chi connectivity index (χ1) is 12.7. The van der Waals surface area contributed by atoms with Crippen LogP contribution in [0.15, 0.2) is 65.8 Å². The molecule has 1 heterocycles. The predicted molar refractivity (Wildman–Crippen MR) is 123 cm³/mol. The summed E-state index contributed by atoms with van der Waals surface area (Å²) in [7, 11) is 1.76. The fourth-order valence-corrected chi connectivity index (χ4v) is 2.84. The molecule has 3 aromatic rings. The molecule has 142 valence electrons. The molecule has 0 bridgehead atoms. The van der Waals surface area contributed by atoms with Crippen molar-refractivity contribution in [1.82, 2.24) is 20.6 Å². The fraction of sp³-hybridized carbons (Fsp3) is 0.200. The van der Waals surface area contributed by atoms with Gasteiger partial charge >= 0.3 is 0 Å². The van der Waals surface area contributed by atoms with Crippen LogP contribution in [-0.2, 0) is 13.0 Å². The second kappa shape index (κ2) is 10.9. The largest absolute Gasteiger partial charge is 0.356 e. The summed E-state index contributed by atoms with van der Waals surface area (Å²) in [5, 5.41) is 7.33. The minimum Gasteiger partial charge on any atom is -0.356 e. The van der Waals surface area contributed by atoms with Crippen LogP contribution in [0, 0.1) is 0 Å². The van der Waals surface area contributed by atoms with E-state index in [-0.39, 0.29) is 24.0 Å². The minimum absolute atomic E-state index is 0. The topological polar surface area (TPSA) is 65.1 Å². The van der Waals surface area contributed by atoms with E-state index < -0.39 is 0 Å². The number of rotatable bonds is 6. The number of nitrogens with zero attached hydrogens (tertiary/aromatic N) is 2. The smallest absolute Gasteiger partial charge is 0.191 e. The van der Waals surface area contributed by atoms with Gasteiger partial charge in [-0.3, -0.25) is 4.99 Å². The highest BCUT2D eigenvalue weighted by Gasteiger charge is 2.04. The summed E-state index contributed by atoms with van der Waals surface area (Å²) in [4.78, 5) is 12.0. The lowest BCUT2D eigenvalue weighted by molar-refractivity contribution is 0.773. The minimum atomic E-state index is 0. The number of hydrogen-bond donors (Lipinski definition) is 3. The molecular weight excluding hydrogens is 473 g/mol. The molecule has 0 aliphatic heterocycles. The van der Waals surface area contributed by atoms with E-state index >= 15 is 0 Å². The van der Waals surface area contributed by atoms with Gasteiger partial charge in [0, 0.05) is 18.6 Å². The van der Waals surface area contributed by atoms with E-state index in [4.69, 9.17) is 11.6 Å². The standard InChI is InChI=1S/C20H22ClN5.HI/c1-22-20(23-11-10-15-6-5-9-17(21)12-15)25-14-19-24-13-18(26-19)16-7-3-2-4-8-16;/h2-9,12-13H,10-11,14H2,1H3,(H,24,26)(H2,22,23,25);1H. The molecule has 7 heteroatoms. The van der Waals surface area contributed by atoms with Crippen molar-refractivity contribution in [2.45, 2.75) is 13.0 Å². The van der Waals surface area contributed by atoms with E-state index in [2.05, 4.69) is 43.8 Å². The Morgan fingerprint density at radius 1 is 1.11 bits per heavy atom. The van der Waals surface area contributed by atoms with Crippen molar-refractivity contribution in [3.63, 3.8) is 0 Å². The van der Waals surface area contributed by atoms with Gasteiger partial charge in [-0.15, -0.1) is 24.0 Å². The molecule has 2 aromatic carbocycles. The van der Waals surface area contributed by atoms with Gasteiger partial charge in [0.1, 0.15) is 5.82 Å². The molecule has 3 rings (SSSR count). The maximum atomic E-state index is 6.01. The van der Waals surface area contributed by atoms with Gasteiger partial charge in [-0.05, 0) is 29.7 Å². The number of benzene rings is 2. The number of imidazole rings is 1. The normalized spacial score (nSPS) is 11.0. The summed E-state index contributed by atoms with van der Waals surface area (Å²) >= 11 is 6.01. The number of hydrogen-bond acceptors (Lipinski definition) is 2. The third-order valence-electron chi connectivity index (χ3n) is 3.96. The molecule has 0 atom stereocenters. The van der Waals surface area contributed by atoms with E-state index in [0.717, 1.165) is 41.0 Å². The molecule has 0 unspecified atom stereocenters. The van der Waals surface area contributed by atoms with Crippen LogP contribution in [0.25, 0.3) is 11.3 Å². The van der Waals surface area contributed by atoms with Gasteiger partial charge in [0.25, 0.3) is 0 Å². The molecule has 0 fully saturated rings. The molecule has 0 saturated carbocycles. The zero-order valence-electron chi connectivity index (χ0n) is 15.1. The molecule has 5 nitrogen and oxygen atoms in total. The highest BCUT2D eigenvalue weighted by molar-refractivity contribution is 14.0. The van der Waals surface area contributed by atoms with Gasteiger partial charge in [-0.2, -0.15) is 0 Å². The van der Waals surface area contributed by atoms with E-state index in [9.17, 15) is 0 Å². The van der Waals surface area contributed by atoms with E-state index in [1.165, 1.54) is 5.56 Å². The van der Waals surface area contributed by atoms with Gasteiger partial charge in [0.15, 0.2) is 5.96 Å². The van der Waals surface area contributed by atoms with Crippen LogP contribution in [0.2, 0.25) is 5.02 Å². The number of guanidine groups is 1. The number of aliphatic imine (C=N–C) groups is 1. The predicted octanol–water partition coefficient (Wildman–Crippen LogP) is 4.26. The average Bonchev–Trinajstić information content (AvgIpc) is 3.14. The first-order valence-electron chi connectivity index (χ1n) is 8.53.